The summed E-state index contributed by atoms with van der Waals surface area (Å²) in [5.41, 5.74) is -0.0185. The van der Waals surface area contributed by atoms with E-state index in [1.165, 1.54) is 12.2 Å². The van der Waals surface area contributed by atoms with Crippen molar-refractivity contribution in [2.24, 2.45) is 10.2 Å². The molecule has 0 fully saturated rings. The Labute approximate surface area is 50.6 Å². The van der Waals surface area contributed by atoms with Crippen LogP contribution in [0.25, 0.3) is 0 Å². The minimum absolute atomic E-state index is 0.0602. The van der Waals surface area contributed by atoms with Gasteiger partial charge in [0.15, 0.2) is 5.71 Å². The average Bonchev–Trinajstić information content (AvgIpc) is 2.33. The molecule has 1 rings (SSSR count). The van der Waals surface area contributed by atoms with Crippen LogP contribution in [0.3, 0.4) is 0 Å². The highest BCUT2D eigenvalue weighted by atomic mass is 16.1. The summed E-state index contributed by atoms with van der Waals surface area (Å²) in [4.78, 5) is 19.7. The molecule has 0 saturated heterocycles. The fraction of sp³-hybridized carbons (Fsp3) is 0. The second-order valence-corrected chi connectivity index (χ2v) is 1.31. The van der Waals surface area contributed by atoms with E-state index in [1.807, 2.05) is 0 Å². The molecule has 9 heavy (non-hydrogen) atoms. The highest BCUT2D eigenvalue weighted by Crippen LogP contribution is 1.96. The van der Waals surface area contributed by atoms with E-state index in [4.69, 9.17) is 0 Å². The fourth-order valence-corrected chi connectivity index (χ4v) is 0.409. The van der Waals surface area contributed by atoms with Crippen molar-refractivity contribution in [3.63, 3.8) is 0 Å². The molecule has 43 valence electrons. The van der Waals surface area contributed by atoms with E-state index in [0.717, 1.165) is 6.21 Å². The third-order valence-corrected chi connectivity index (χ3v) is 0.806. The lowest BCUT2D eigenvalue weighted by atomic mass is 10.2. The van der Waals surface area contributed by atoms with Crippen LogP contribution in [0, 0.1) is 0 Å². The van der Waals surface area contributed by atoms with Gasteiger partial charge >= 0.3 is 0 Å². The third-order valence-electron chi connectivity index (χ3n) is 0.806. The minimum Gasteiger partial charge on any atom is -0.283 e. The van der Waals surface area contributed by atoms with E-state index in [9.17, 15) is 9.59 Å². The van der Waals surface area contributed by atoms with Crippen LogP contribution in [-0.4, -0.2) is 24.2 Å². The van der Waals surface area contributed by atoms with Crippen molar-refractivity contribution in [1.82, 2.24) is 0 Å². The summed E-state index contributed by atoms with van der Waals surface area (Å²) in [6, 6.07) is 0. The lowest BCUT2D eigenvalue weighted by Gasteiger charge is -1.76. The van der Waals surface area contributed by atoms with E-state index in [-0.39, 0.29) is 11.3 Å². The van der Waals surface area contributed by atoms with Gasteiger partial charge in [-0.1, -0.05) is 0 Å². The number of allylic oxidation sites excluding steroid dienone is 1. The molecular formula is C5HN2O2. The molecule has 0 aromatic carbocycles. The molecule has 0 spiro atoms. The Hall–Kier alpha value is -1.54. The highest BCUT2D eigenvalue weighted by Gasteiger charge is 2.09. The maximum atomic E-state index is 9.86. The molecule has 0 atom stereocenters. The first-order valence-electron chi connectivity index (χ1n) is 2.13. The number of rotatable bonds is 1. The zero-order chi connectivity index (χ0) is 6.69. The van der Waals surface area contributed by atoms with Crippen LogP contribution in [0.1, 0.15) is 0 Å². The van der Waals surface area contributed by atoms with Gasteiger partial charge in [-0.15, -0.1) is 5.10 Å². The van der Waals surface area contributed by atoms with E-state index in [2.05, 4.69) is 10.2 Å². The maximum Gasteiger partial charge on any atom is 0.256 e. The number of hydrogen-bond acceptors (Lipinski definition) is 4. The molecule has 0 aliphatic carbocycles. The summed E-state index contributed by atoms with van der Waals surface area (Å²) in [5, 5.41) is 6.56. The van der Waals surface area contributed by atoms with Crippen LogP contribution in [0.4, 0.5) is 0 Å². The molecule has 0 N–H and O–H groups in total. The Morgan fingerprint density at radius 1 is 1.44 bits per heavy atom. The molecule has 1 aliphatic heterocycles. The molecule has 1 radical (unpaired) electrons. The van der Waals surface area contributed by atoms with Gasteiger partial charge in [-0.25, -0.2) is 4.79 Å². The van der Waals surface area contributed by atoms with Gasteiger partial charge < -0.3 is 0 Å². The standard InChI is InChI=1S/C5HN2O2/c8-2-4-1-6-7-5(4)3-9/h1H. The second-order valence-electron chi connectivity index (χ2n) is 1.31. The summed E-state index contributed by atoms with van der Waals surface area (Å²) in [6.45, 7) is 0. The lowest BCUT2D eigenvalue weighted by Crippen LogP contribution is -2.00. The fourth-order valence-electron chi connectivity index (χ4n) is 0.409. The monoisotopic (exact) mass is 121 g/mol. The molecule has 4 nitrogen and oxygen atoms in total. The Balaban J connectivity index is 3.04. The van der Waals surface area contributed by atoms with Gasteiger partial charge in [0.1, 0.15) is 11.5 Å². The first kappa shape index (κ1) is 5.59. The van der Waals surface area contributed by atoms with Gasteiger partial charge in [0, 0.05) is 0 Å². The molecule has 0 unspecified atom stereocenters. The predicted octanol–water partition coefficient (Wildman–Crippen LogP) is -0.706. The van der Waals surface area contributed by atoms with Crippen molar-refractivity contribution < 1.29 is 9.59 Å². The largest absolute Gasteiger partial charge is 0.283 e. The number of nitrogens with zero attached hydrogens (tertiary/aromatic N) is 2. The van der Waals surface area contributed by atoms with E-state index < -0.39 is 0 Å². The zero-order valence-electron chi connectivity index (χ0n) is 4.29. The molecule has 0 aromatic heterocycles. The quantitative estimate of drug-likeness (QED) is 0.430. The van der Waals surface area contributed by atoms with E-state index in [1.54, 1.807) is 0 Å². The van der Waals surface area contributed by atoms with Crippen molar-refractivity contribution in [2.75, 3.05) is 0 Å². The van der Waals surface area contributed by atoms with Crippen LogP contribution in [0.15, 0.2) is 15.8 Å². The lowest BCUT2D eigenvalue weighted by molar-refractivity contribution is 0.565. The molecule has 0 amide bonds. The summed E-state index contributed by atoms with van der Waals surface area (Å²) in [6.07, 6.45) is 2.60. The summed E-state index contributed by atoms with van der Waals surface area (Å²) >= 11 is 0. The Morgan fingerprint density at radius 2 is 2.22 bits per heavy atom. The molecule has 1 heterocycles. The van der Waals surface area contributed by atoms with Crippen molar-refractivity contribution in [2.45, 2.75) is 0 Å². The summed E-state index contributed by atoms with van der Waals surface area (Å²) in [5.74, 6) is 1.49. The highest BCUT2D eigenvalue weighted by molar-refractivity contribution is 6.46. The van der Waals surface area contributed by atoms with Crippen molar-refractivity contribution in [3.05, 3.63) is 5.57 Å². The van der Waals surface area contributed by atoms with Crippen LogP contribution in [-0.2, 0) is 9.59 Å². The third kappa shape index (κ3) is 0.828. The van der Waals surface area contributed by atoms with Gasteiger partial charge in [0.05, 0.1) is 6.21 Å². The van der Waals surface area contributed by atoms with Crippen LogP contribution < -0.4 is 0 Å². The number of hydrogen-bond donors (Lipinski definition) is 0. The van der Waals surface area contributed by atoms with Gasteiger partial charge in [-0.05, 0) is 0 Å². The zero-order valence-corrected chi connectivity index (χ0v) is 4.29. The van der Waals surface area contributed by atoms with Crippen LogP contribution in [0.2, 0.25) is 0 Å². The normalized spacial score (nSPS) is 15.1. The topological polar surface area (TPSA) is 58.9 Å². The minimum atomic E-state index is -0.0787. The molecule has 0 saturated carbocycles. The van der Waals surface area contributed by atoms with Crippen molar-refractivity contribution in [1.29, 1.82) is 0 Å². The van der Waals surface area contributed by atoms with Gasteiger partial charge in [0.2, 0.25) is 0 Å². The SMILES string of the molecule is O=[C]C1=NN=CC1=C=O. The Morgan fingerprint density at radius 3 is 2.67 bits per heavy atom. The first-order chi connectivity index (χ1) is 4.38. The summed E-state index contributed by atoms with van der Waals surface area (Å²) < 4.78 is 0. The average molecular weight is 121 g/mol. The van der Waals surface area contributed by atoms with Gasteiger partial charge in [-0.2, -0.15) is 5.10 Å². The van der Waals surface area contributed by atoms with Crippen LogP contribution >= 0.6 is 0 Å². The first-order valence-corrected chi connectivity index (χ1v) is 2.13. The van der Waals surface area contributed by atoms with Crippen LogP contribution in [0.5, 0.6) is 0 Å². The Kier molecular flexibility index (Phi) is 1.34. The number of carbonyl (C=O) groups excluding carboxylic acids is 2. The van der Waals surface area contributed by atoms with Crippen molar-refractivity contribution >= 4 is 24.2 Å². The molecule has 4 heteroatoms. The van der Waals surface area contributed by atoms with Gasteiger partial charge in [0.25, 0.3) is 6.29 Å². The van der Waals surface area contributed by atoms with E-state index >= 15 is 0 Å². The maximum absolute atomic E-state index is 9.86. The molecule has 1 aliphatic rings. The molecule has 0 bridgehead atoms. The molecule has 0 aromatic rings. The van der Waals surface area contributed by atoms with Gasteiger partial charge in [-0.3, -0.25) is 4.79 Å². The molecular weight excluding hydrogens is 120 g/mol. The smallest absolute Gasteiger partial charge is 0.256 e. The Bertz CT molecular complexity index is 246. The van der Waals surface area contributed by atoms with Crippen molar-refractivity contribution in [3.8, 4) is 0 Å². The second kappa shape index (κ2) is 2.15. The predicted molar refractivity (Wildman–Crippen MR) is 30.8 cm³/mol. The summed E-state index contributed by atoms with van der Waals surface area (Å²) in [7, 11) is 0. The van der Waals surface area contributed by atoms with E-state index in [0.29, 0.717) is 0 Å².